The number of halogens is 4. The summed E-state index contributed by atoms with van der Waals surface area (Å²) in [4.78, 5) is 55.1. The zero-order chi connectivity index (χ0) is 31.6. The molecule has 16 heteroatoms. The average molecular weight is 614 g/mol. The summed E-state index contributed by atoms with van der Waals surface area (Å²) in [6.45, 7) is 2.56. The predicted molar refractivity (Wildman–Crippen MR) is 134 cm³/mol. The molecule has 1 aromatic carbocycles. The van der Waals surface area contributed by atoms with Crippen LogP contribution < -0.4 is 10.6 Å². The number of benzene rings is 1. The van der Waals surface area contributed by atoms with Gasteiger partial charge in [-0.05, 0) is 26.0 Å². The first kappa shape index (κ1) is 31.6. The van der Waals surface area contributed by atoms with Crippen molar-refractivity contribution in [3.8, 4) is 5.75 Å². The van der Waals surface area contributed by atoms with E-state index in [2.05, 4.69) is 15.6 Å². The van der Waals surface area contributed by atoms with Crippen LogP contribution in [-0.4, -0.2) is 82.1 Å². The van der Waals surface area contributed by atoms with Crippen LogP contribution in [0.2, 0.25) is 0 Å². The lowest BCUT2D eigenvalue weighted by Crippen LogP contribution is -2.60. The number of para-hydroxylation sites is 1. The van der Waals surface area contributed by atoms with Crippen molar-refractivity contribution < 1.29 is 61.2 Å². The van der Waals surface area contributed by atoms with Crippen LogP contribution in [-0.2, 0) is 35.0 Å². The first-order valence-electron chi connectivity index (χ1n) is 13.1. The molecule has 43 heavy (non-hydrogen) atoms. The van der Waals surface area contributed by atoms with Crippen molar-refractivity contribution >= 4 is 23.8 Å². The van der Waals surface area contributed by atoms with Crippen LogP contribution in [0.1, 0.15) is 36.2 Å². The van der Waals surface area contributed by atoms with Gasteiger partial charge < -0.3 is 35.1 Å². The van der Waals surface area contributed by atoms with Gasteiger partial charge in [0.1, 0.15) is 24.0 Å². The van der Waals surface area contributed by atoms with E-state index in [1.54, 1.807) is 0 Å². The molecule has 2 aliphatic heterocycles. The number of aliphatic hydroxyl groups excluding tert-OH is 1. The number of rotatable bonds is 5. The molecule has 2 saturated heterocycles. The fraction of sp³-hybridized carbons (Fsp3) is 0.444. The Hall–Kier alpha value is -4.31. The number of cyclic esters (lactones) is 2. The molecule has 2 aliphatic rings. The number of amides is 2. The minimum Gasteiger partial charge on any atom is -0.507 e. The van der Waals surface area contributed by atoms with Crippen molar-refractivity contribution in [3.05, 3.63) is 58.9 Å². The molecular weight excluding hydrogens is 586 g/mol. The Morgan fingerprint density at radius 3 is 2.35 bits per heavy atom. The van der Waals surface area contributed by atoms with Gasteiger partial charge in [-0.1, -0.05) is 12.1 Å². The van der Waals surface area contributed by atoms with E-state index in [1.165, 1.54) is 31.2 Å². The quantitative estimate of drug-likeness (QED) is 0.215. The molecule has 4 N–H and O–H groups in total. The van der Waals surface area contributed by atoms with Crippen LogP contribution in [0.15, 0.2) is 24.3 Å². The minimum atomic E-state index is -2.12. The van der Waals surface area contributed by atoms with E-state index >= 15 is 0 Å². The molecule has 0 radical (unpaired) electrons. The van der Waals surface area contributed by atoms with Gasteiger partial charge in [0, 0.05) is 25.0 Å². The highest BCUT2D eigenvalue weighted by Gasteiger charge is 2.44. The number of hydrogen-bond acceptors (Lipinski definition) is 10. The number of carbonyl (C=O) groups is 4. The topological polar surface area (TPSA) is 173 Å². The van der Waals surface area contributed by atoms with E-state index in [1.807, 2.05) is 0 Å². The molecule has 0 spiro atoms. The normalized spacial score (nSPS) is 28.3. The third-order valence-corrected chi connectivity index (χ3v) is 7.17. The second-order valence-corrected chi connectivity index (χ2v) is 10.1. The molecule has 3 heterocycles. The van der Waals surface area contributed by atoms with Crippen molar-refractivity contribution in [2.24, 2.45) is 5.92 Å². The number of hydrogen-bond donors (Lipinski definition) is 4. The lowest BCUT2D eigenvalue weighted by molar-refractivity contribution is -0.198. The number of aromatic hydroxyl groups is 1. The molecule has 4 rings (SSSR count). The number of nitrogens with zero attached hydrogens (tertiary/aromatic N) is 1. The number of nitrogens with one attached hydrogen (secondary N) is 2. The number of aromatic nitrogens is 1. The number of phenols is 1. The largest absolute Gasteiger partial charge is 0.507 e. The third-order valence-electron chi connectivity index (χ3n) is 7.17. The van der Waals surface area contributed by atoms with Crippen molar-refractivity contribution in [2.75, 3.05) is 6.61 Å². The first-order valence-corrected chi connectivity index (χ1v) is 13.1. The van der Waals surface area contributed by atoms with Gasteiger partial charge in [-0.15, -0.1) is 0 Å². The van der Waals surface area contributed by atoms with Crippen LogP contribution in [0.25, 0.3) is 0 Å². The summed E-state index contributed by atoms with van der Waals surface area (Å²) in [7, 11) is 0. The Kier molecular flexibility index (Phi) is 9.49. The molecule has 232 valence electrons. The van der Waals surface area contributed by atoms with Crippen LogP contribution in [0.5, 0.6) is 5.75 Å². The average Bonchev–Trinajstić information content (AvgIpc) is 2.93. The standard InChI is InChI=1S/C27H27F4N3O9/c1-10-20(36)14(9-13-17(28)18(29)23(31)34-22(13)30)32-25(38)19(33-24(37)12-5-3-4-6-15(12)35)11(2)42-27(40)21(43-26(10)39)16-7-8-41-16/h3-6,10-11,14,16,19-21,35-36H,7-9H2,1-2H3,(H,32,38)(H,33,37). The zero-order valence-corrected chi connectivity index (χ0v) is 22.7. The van der Waals surface area contributed by atoms with Crippen LogP contribution >= 0.6 is 0 Å². The highest BCUT2D eigenvalue weighted by Crippen LogP contribution is 2.25. The summed E-state index contributed by atoms with van der Waals surface area (Å²) in [5.74, 6) is -14.5. The number of esters is 2. The Morgan fingerprint density at radius 1 is 1.05 bits per heavy atom. The Labute approximate surface area is 241 Å². The second kappa shape index (κ2) is 12.9. The van der Waals surface area contributed by atoms with Gasteiger partial charge in [0.05, 0.1) is 23.6 Å². The van der Waals surface area contributed by atoms with Gasteiger partial charge in [-0.2, -0.15) is 18.2 Å². The van der Waals surface area contributed by atoms with Gasteiger partial charge in [0.15, 0.2) is 5.82 Å². The Balaban J connectivity index is 1.73. The van der Waals surface area contributed by atoms with Crippen molar-refractivity contribution in [1.29, 1.82) is 0 Å². The number of phenolic OH excluding ortho intramolecular Hbond substituents is 1. The van der Waals surface area contributed by atoms with Crippen molar-refractivity contribution in [3.63, 3.8) is 0 Å². The van der Waals surface area contributed by atoms with Gasteiger partial charge in [0.2, 0.25) is 23.8 Å². The maximum absolute atomic E-state index is 14.6. The van der Waals surface area contributed by atoms with Gasteiger partial charge >= 0.3 is 11.9 Å². The van der Waals surface area contributed by atoms with E-state index in [-0.39, 0.29) is 18.6 Å². The summed E-state index contributed by atoms with van der Waals surface area (Å²) in [5.41, 5.74) is -1.43. The molecule has 0 bridgehead atoms. The lowest BCUT2D eigenvalue weighted by Gasteiger charge is -2.36. The van der Waals surface area contributed by atoms with Crippen molar-refractivity contribution in [1.82, 2.24) is 15.6 Å². The molecule has 7 unspecified atom stereocenters. The summed E-state index contributed by atoms with van der Waals surface area (Å²) in [6, 6.07) is 1.72. The minimum absolute atomic E-state index is 0.239. The lowest BCUT2D eigenvalue weighted by atomic mass is 9.92. The monoisotopic (exact) mass is 613 g/mol. The van der Waals surface area contributed by atoms with Crippen LogP contribution in [0.3, 0.4) is 0 Å². The summed E-state index contributed by atoms with van der Waals surface area (Å²) < 4.78 is 72.3. The summed E-state index contributed by atoms with van der Waals surface area (Å²) in [5, 5.41) is 25.7. The van der Waals surface area contributed by atoms with Crippen LogP contribution in [0, 0.1) is 29.4 Å². The fourth-order valence-electron chi connectivity index (χ4n) is 4.53. The molecule has 0 aliphatic carbocycles. The van der Waals surface area contributed by atoms with E-state index in [0.717, 1.165) is 6.92 Å². The fourth-order valence-corrected chi connectivity index (χ4v) is 4.53. The highest BCUT2D eigenvalue weighted by atomic mass is 19.2. The Morgan fingerprint density at radius 2 is 1.72 bits per heavy atom. The summed E-state index contributed by atoms with van der Waals surface area (Å²) in [6.07, 6.45) is -6.82. The molecule has 12 nitrogen and oxygen atoms in total. The van der Waals surface area contributed by atoms with E-state index in [9.17, 15) is 47.0 Å². The maximum Gasteiger partial charge on any atom is 0.350 e. The third kappa shape index (κ3) is 6.69. The number of aliphatic hydroxyl groups is 1. The first-order chi connectivity index (χ1) is 20.3. The molecule has 2 fully saturated rings. The molecule has 0 saturated carbocycles. The zero-order valence-electron chi connectivity index (χ0n) is 22.7. The second-order valence-electron chi connectivity index (χ2n) is 10.1. The van der Waals surface area contributed by atoms with Crippen molar-refractivity contribution in [2.45, 2.75) is 63.2 Å². The maximum atomic E-state index is 14.6. The number of ether oxygens (including phenoxy) is 3. The number of pyridine rings is 1. The molecule has 1 aromatic heterocycles. The van der Waals surface area contributed by atoms with Gasteiger partial charge in [-0.25, -0.2) is 9.18 Å². The van der Waals surface area contributed by atoms with E-state index < -0.39 is 107 Å². The van der Waals surface area contributed by atoms with Gasteiger partial charge in [0.25, 0.3) is 11.9 Å². The predicted octanol–water partition coefficient (Wildman–Crippen LogP) is 0.812. The molecular formula is C27H27F4N3O9. The van der Waals surface area contributed by atoms with E-state index in [0.29, 0.717) is 0 Å². The Bertz CT molecular complexity index is 1420. The molecule has 2 aromatic rings. The molecule has 7 atom stereocenters. The van der Waals surface area contributed by atoms with E-state index in [4.69, 9.17) is 14.2 Å². The molecule has 2 amide bonds. The number of carbonyl (C=O) groups excluding carboxylic acids is 4. The SMILES string of the molecule is CC1OC(=O)C(C2CCO2)OC(=O)C(C)C(O)C(Cc2c(F)nc(F)c(F)c2F)NC(=O)C1NC(=O)c1ccccc1O. The summed E-state index contributed by atoms with van der Waals surface area (Å²) >= 11 is 0. The highest BCUT2D eigenvalue weighted by molar-refractivity contribution is 6.00. The van der Waals surface area contributed by atoms with Gasteiger partial charge in [-0.3, -0.25) is 14.4 Å². The van der Waals surface area contributed by atoms with Crippen LogP contribution in [0.4, 0.5) is 17.6 Å². The smallest absolute Gasteiger partial charge is 0.350 e.